The lowest BCUT2D eigenvalue weighted by molar-refractivity contribution is 0.0934. The predicted molar refractivity (Wildman–Crippen MR) is 88.7 cm³/mol. The van der Waals surface area contributed by atoms with Gasteiger partial charge in [0.2, 0.25) is 0 Å². The quantitative estimate of drug-likeness (QED) is 0.882. The molecule has 2 N–H and O–H groups in total. The third-order valence-electron chi connectivity index (χ3n) is 3.33. The van der Waals surface area contributed by atoms with Crippen molar-refractivity contribution in [1.82, 2.24) is 15.3 Å². The van der Waals surface area contributed by atoms with Gasteiger partial charge >= 0.3 is 0 Å². The highest BCUT2D eigenvalue weighted by Gasteiger charge is 2.11. The van der Waals surface area contributed by atoms with Gasteiger partial charge in [0.1, 0.15) is 17.8 Å². The van der Waals surface area contributed by atoms with Crippen LogP contribution in [0.2, 0.25) is 5.02 Å². The minimum absolute atomic E-state index is 0.106. The zero-order chi connectivity index (χ0) is 16.1. The molecule has 1 unspecified atom stereocenters. The van der Waals surface area contributed by atoms with E-state index in [1.807, 2.05) is 39.0 Å². The molecule has 22 heavy (non-hydrogen) atoms. The van der Waals surface area contributed by atoms with E-state index in [2.05, 4.69) is 20.6 Å². The van der Waals surface area contributed by atoms with E-state index in [0.717, 1.165) is 17.7 Å². The molecule has 1 aromatic heterocycles. The summed E-state index contributed by atoms with van der Waals surface area (Å²) in [4.78, 5) is 20.2. The van der Waals surface area contributed by atoms with Crippen LogP contribution in [0, 0.1) is 6.92 Å². The smallest absolute Gasteiger partial charge is 0.270 e. The maximum absolute atomic E-state index is 12.1. The average Bonchev–Trinajstić information content (AvgIpc) is 2.51. The van der Waals surface area contributed by atoms with Gasteiger partial charge < -0.3 is 10.6 Å². The lowest BCUT2D eigenvalue weighted by Crippen LogP contribution is -2.32. The van der Waals surface area contributed by atoms with Crippen molar-refractivity contribution in [3.63, 3.8) is 0 Å². The number of hydrogen-bond donors (Lipinski definition) is 2. The van der Waals surface area contributed by atoms with Crippen LogP contribution in [0.15, 0.2) is 30.6 Å². The third kappa shape index (κ3) is 4.18. The Balaban J connectivity index is 2.14. The number of amides is 1. The number of nitrogens with one attached hydrogen (secondary N) is 2. The minimum Gasteiger partial charge on any atom is -0.348 e. The fourth-order valence-electron chi connectivity index (χ4n) is 1.77. The van der Waals surface area contributed by atoms with Gasteiger partial charge in [-0.15, -0.1) is 0 Å². The van der Waals surface area contributed by atoms with E-state index >= 15 is 0 Å². The first-order chi connectivity index (χ1) is 10.5. The highest BCUT2D eigenvalue weighted by atomic mass is 35.5. The summed E-state index contributed by atoms with van der Waals surface area (Å²) in [6.07, 6.45) is 2.23. The van der Waals surface area contributed by atoms with Gasteiger partial charge in [-0.3, -0.25) is 4.79 Å². The van der Waals surface area contributed by atoms with Crippen LogP contribution in [0.25, 0.3) is 0 Å². The maximum Gasteiger partial charge on any atom is 0.270 e. The van der Waals surface area contributed by atoms with Crippen molar-refractivity contribution in [2.24, 2.45) is 0 Å². The van der Waals surface area contributed by atoms with Crippen molar-refractivity contribution in [3.8, 4) is 0 Å². The molecule has 0 saturated carbocycles. The van der Waals surface area contributed by atoms with Gasteiger partial charge in [-0.1, -0.05) is 24.6 Å². The molecule has 0 saturated heterocycles. The molecule has 1 atom stereocenters. The summed E-state index contributed by atoms with van der Waals surface area (Å²) in [6, 6.07) is 7.36. The van der Waals surface area contributed by atoms with Gasteiger partial charge in [0, 0.05) is 22.8 Å². The molecule has 0 aliphatic heterocycles. The molecule has 6 heteroatoms. The Bertz CT molecular complexity index is 675. The first kappa shape index (κ1) is 16.2. The second kappa shape index (κ2) is 7.22. The van der Waals surface area contributed by atoms with Crippen molar-refractivity contribution in [1.29, 1.82) is 0 Å². The van der Waals surface area contributed by atoms with Crippen molar-refractivity contribution >= 4 is 29.0 Å². The molecule has 0 spiro atoms. The molecular weight excluding hydrogens is 300 g/mol. The molecule has 0 radical (unpaired) electrons. The lowest BCUT2D eigenvalue weighted by atomic mass is 10.2. The zero-order valence-electron chi connectivity index (χ0n) is 12.9. The number of anilines is 2. The highest BCUT2D eigenvalue weighted by molar-refractivity contribution is 6.31. The standard InChI is InChI=1S/C16H19ClN4O/c1-4-11(3)20-16(22)14-8-15(19-9-18-14)21-12-6-5-10(2)13(17)7-12/h5-9,11H,4H2,1-3H3,(H,20,22)(H,18,19,21). The van der Waals surface area contributed by atoms with Crippen molar-refractivity contribution < 1.29 is 4.79 Å². The van der Waals surface area contributed by atoms with Crippen LogP contribution in [-0.4, -0.2) is 21.9 Å². The number of aryl methyl sites for hydroxylation is 1. The van der Waals surface area contributed by atoms with Gasteiger partial charge in [-0.25, -0.2) is 9.97 Å². The molecule has 0 aliphatic rings. The van der Waals surface area contributed by atoms with Gasteiger partial charge in [0.15, 0.2) is 0 Å². The summed E-state index contributed by atoms with van der Waals surface area (Å²) in [5.41, 5.74) is 2.14. The molecule has 0 bridgehead atoms. The molecule has 1 heterocycles. The van der Waals surface area contributed by atoms with E-state index in [0.29, 0.717) is 16.5 Å². The number of aromatic nitrogens is 2. The fraction of sp³-hybridized carbons (Fsp3) is 0.312. The Morgan fingerprint density at radius 3 is 2.77 bits per heavy atom. The monoisotopic (exact) mass is 318 g/mol. The van der Waals surface area contributed by atoms with E-state index in [-0.39, 0.29) is 11.9 Å². The number of carbonyl (C=O) groups excluding carboxylic acids is 1. The summed E-state index contributed by atoms with van der Waals surface area (Å²) in [5.74, 6) is 0.339. The average molecular weight is 319 g/mol. The molecular formula is C16H19ClN4O. The zero-order valence-corrected chi connectivity index (χ0v) is 13.6. The van der Waals surface area contributed by atoms with Crippen LogP contribution in [-0.2, 0) is 0 Å². The Labute approximate surface area is 135 Å². The first-order valence-electron chi connectivity index (χ1n) is 7.15. The number of nitrogens with zero attached hydrogens (tertiary/aromatic N) is 2. The number of carbonyl (C=O) groups is 1. The summed E-state index contributed by atoms with van der Waals surface area (Å²) >= 11 is 6.10. The number of hydrogen-bond acceptors (Lipinski definition) is 4. The minimum atomic E-state index is -0.207. The van der Waals surface area contributed by atoms with Crippen molar-refractivity contribution in [2.45, 2.75) is 33.2 Å². The van der Waals surface area contributed by atoms with E-state index in [1.54, 1.807) is 6.07 Å². The lowest BCUT2D eigenvalue weighted by Gasteiger charge is -2.11. The van der Waals surface area contributed by atoms with Crippen LogP contribution < -0.4 is 10.6 Å². The van der Waals surface area contributed by atoms with Crippen molar-refractivity contribution in [2.75, 3.05) is 5.32 Å². The van der Waals surface area contributed by atoms with E-state index in [4.69, 9.17) is 11.6 Å². The normalized spacial score (nSPS) is 11.8. The molecule has 2 rings (SSSR count). The molecule has 5 nitrogen and oxygen atoms in total. The molecule has 116 valence electrons. The Morgan fingerprint density at radius 1 is 1.32 bits per heavy atom. The Kier molecular flexibility index (Phi) is 5.33. The van der Waals surface area contributed by atoms with Crippen LogP contribution in [0.4, 0.5) is 11.5 Å². The molecule has 1 amide bonds. The van der Waals surface area contributed by atoms with E-state index < -0.39 is 0 Å². The maximum atomic E-state index is 12.1. The molecule has 0 fully saturated rings. The van der Waals surface area contributed by atoms with Crippen LogP contribution in [0.5, 0.6) is 0 Å². The first-order valence-corrected chi connectivity index (χ1v) is 7.53. The second-order valence-electron chi connectivity index (χ2n) is 5.16. The summed E-state index contributed by atoms with van der Waals surface area (Å²) in [7, 11) is 0. The topological polar surface area (TPSA) is 66.9 Å². The number of rotatable bonds is 5. The van der Waals surface area contributed by atoms with Crippen LogP contribution in [0.1, 0.15) is 36.3 Å². The van der Waals surface area contributed by atoms with Gasteiger partial charge in [0.05, 0.1) is 0 Å². The fourth-order valence-corrected chi connectivity index (χ4v) is 1.95. The van der Waals surface area contributed by atoms with E-state index in [1.165, 1.54) is 6.33 Å². The Hall–Kier alpha value is -2.14. The van der Waals surface area contributed by atoms with E-state index in [9.17, 15) is 4.79 Å². The molecule has 2 aromatic rings. The molecule has 0 aliphatic carbocycles. The Morgan fingerprint density at radius 2 is 2.09 bits per heavy atom. The second-order valence-corrected chi connectivity index (χ2v) is 5.57. The van der Waals surface area contributed by atoms with Gasteiger partial charge in [-0.05, 0) is 38.0 Å². The summed E-state index contributed by atoms with van der Waals surface area (Å²) in [6.45, 7) is 5.90. The van der Waals surface area contributed by atoms with Gasteiger partial charge in [0.25, 0.3) is 5.91 Å². The number of halogens is 1. The number of benzene rings is 1. The summed E-state index contributed by atoms with van der Waals surface area (Å²) in [5, 5.41) is 6.67. The molecule has 1 aromatic carbocycles. The van der Waals surface area contributed by atoms with Crippen molar-refractivity contribution in [3.05, 3.63) is 46.9 Å². The van der Waals surface area contributed by atoms with Crippen LogP contribution in [0.3, 0.4) is 0 Å². The SMILES string of the molecule is CCC(C)NC(=O)c1cc(Nc2ccc(C)c(Cl)c2)ncn1. The van der Waals surface area contributed by atoms with Gasteiger partial charge in [-0.2, -0.15) is 0 Å². The predicted octanol–water partition coefficient (Wildman–Crippen LogP) is 3.71. The summed E-state index contributed by atoms with van der Waals surface area (Å²) < 4.78 is 0. The van der Waals surface area contributed by atoms with Crippen LogP contribution >= 0.6 is 11.6 Å². The third-order valence-corrected chi connectivity index (χ3v) is 3.74. The largest absolute Gasteiger partial charge is 0.348 e. The highest BCUT2D eigenvalue weighted by Crippen LogP contribution is 2.22.